The zero-order valence-electron chi connectivity index (χ0n) is 23.4. The van der Waals surface area contributed by atoms with Crippen molar-refractivity contribution < 1.29 is 23.1 Å². The van der Waals surface area contributed by atoms with Gasteiger partial charge in [-0.15, -0.1) is 0 Å². The average molecular weight is 550 g/mol. The van der Waals surface area contributed by atoms with Crippen molar-refractivity contribution in [2.45, 2.75) is 70.4 Å². The molecule has 6 nitrogen and oxygen atoms in total. The zero-order valence-corrected chi connectivity index (χ0v) is 23.4. The van der Waals surface area contributed by atoms with Crippen LogP contribution in [0.1, 0.15) is 81.2 Å². The Morgan fingerprint density at radius 3 is 2.50 bits per heavy atom. The van der Waals surface area contributed by atoms with E-state index in [1.165, 1.54) is 6.07 Å². The molecule has 1 aliphatic heterocycles. The fourth-order valence-electron chi connectivity index (χ4n) is 6.00. The van der Waals surface area contributed by atoms with Crippen molar-refractivity contribution in [2.24, 2.45) is 0 Å². The lowest BCUT2D eigenvalue weighted by Gasteiger charge is -2.38. The summed E-state index contributed by atoms with van der Waals surface area (Å²) in [4.78, 5) is 33.8. The molecule has 0 saturated carbocycles. The van der Waals surface area contributed by atoms with Gasteiger partial charge in [0.05, 0.1) is 5.69 Å². The molecule has 0 bridgehead atoms. The molecule has 212 valence electrons. The van der Waals surface area contributed by atoms with Gasteiger partial charge in [-0.3, -0.25) is 9.78 Å². The first-order valence-corrected chi connectivity index (χ1v) is 13.9. The number of piperidine rings is 1. The van der Waals surface area contributed by atoms with E-state index in [1.54, 1.807) is 41.1 Å². The van der Waals surface area contributed by atoms with E-state index in [0.717, 1.165) is 17.3 Å². The van der Waals surface area contributed by atoms with Crippen molar-refractivity contribution in [3.05, 3.63) is 102 Å². The highest BCUT2D eigenvalue weighted by atomic mass is 19.2. The smallest absolute Gasteiger partial charge is 0.410 e. The lowest BCUT2D eigenvalue weighted by Crippen LogP contribution is -2.48. The lowest BCUT2D eigenvalue weighted by molar-refractivity contribution is -0.129. The molecule has 1 saturated heterocycles. The van der Waals surface area contributed by atoms with Gasteiger partial charge in [-0.25, -0.2) is 13.6 Å². The number of fused-ring (bicyclic) bond motifs is 1. The number of ether oxygens (including phenoxy) is 1. The molecule has 2 aliphatic rings. The second-order valence-corrected chi connectivity index (χ2v) is 10.4. The average Bonchev–Trinajstić information content (AvgIpc) is 3.09. The van der Waals surface area contributed by atoms with Gasteiger partial charge in [0.25, 0.3) is 0 Å². The second-order valence-electron chi connectivity index (χ2n) is 10.4. The third kappa shape index (κ3) is 6.16. The summed E-state index contributed by atoms with van der Waals surface area (Å²) in [7, 11) is 0. The normalized spacial score (nSPS) is 22.0. The predicted molar refractivity (Wildman–Crippen MR) is 150 cm³/mol. The second kappa shape index (κ2) is 13.0. The summed E-state index contributed by atoms with van der Waals surface area (Å²) in [6.45, 7) is 10.0. The first-order chi connectivity index (χ1) is 19.3. The lowest BCUT2D eigenvalue weighted by atomic mass is 9.81. The minimum atomic E-state index is -0.867. The maximum Gasteiger partial charge on any atom is 0.410 e. The van der Waals surface area contributed by atoms with E-state index in [4.69, 9.17) is 4.74 Å². The molecule has 3 unspecified atom stereocenters. The number of rotatable bonds is 6. The summed E-state index contributed by atoms with van der Waals surface area (Å²) in [6, 6.07) is 7.97. The molecule has 2 heterocycles. The molecule has 1 aromatic carbocycles. The van der Waals surface area contributed by atoms with E-state index in [0.29, 0.717) is 50.0 Å². The van der Waals surface area contributed by atoms with Crippen LogP contribution in [0.25, 0.3) is 0 Å². The first-order valence-electron chi connectivity index (χ1n) is 13.9. The van der Waals surface area contributed by atoms with E-state index in [-0.39, 0.29) is 23.8 Å². The first kappa shape index (κ1) is 29.2. The summed E-state index contributed by atoms with van der Waals surface area (Å²) in [6.07, 6.45) is 10.0. The van der Waals surface area contributed by atoms with Crippen LogP contribution in [0.5, 0.6) is 0 Å². The minimum Gasteiger partial charge on any atom is -0.440 e. The quantitative estimate of drug-likeness (QED) is 0.283. The molecule has 3 atom stereocenters. The van der Waals surface area contributed by atoms with Crippen LogP contribution in [0.15, 0.2) is 73.1 Å². The molecule has 0 spiro atoms. The van der Waals surface area contributed by atoms with Crippen molar-refractivity contribution in [2.75, 3.05) is 13.1 Å². The number of hydrogen-bond donors (Lipinski definition) is 0. The number of benzene rings is 1. The van der Waals surface area contributed by atoms with Gasteiger partial charge in [0, 0.05) is 37.9 Å². The van der Waals surface area contributed by atoms with Gasteiger partial charge in [0.2, 0.25) is 5.91 Å². The summed E-state index contributed by atoms with van der Waals surface area (Å²) >= 11 is 0. The number of likely N-dealkylation sites (tertiary alicyclic amines) is 1. The largest absolute Gasteiger partial charge is 0.440 e. The van der Waals surface area contributed by atoms with E-state index < -0.39 is 23.8 Å². The highest BCUT2D eigenvalue weighted by molar-refractivity contribution is 5.76. The summed E-state index contributed by atoms with van der Waals surface area (Å²) in [5.41, 5.74) is 2.66. The maximum atomic E-state index is 14.8. The van der Waals surface area contributed by atoms with Crippen LogP contribution >= 0.6 is 0 Å². The number of hydrogen-bond acceptors (Lipinski definition) is 4. The number of carbonyl (C=O) groups excluding carboxylic acids is 2. The Morgan fingerprint density at radius 2 is 1.82 bits per heavy atom. The van der Waals surface area contributed by atoms with Crippen LogP contribution < -0.4 is 0 Å². The maximum absolute atomic E-state index is 14.8. The predicted octanol–water partition coefficient (Wildman–Crippen LogP) is 7.18. The molecule has 1 fully saturated rings. The Morgan fingerprint density at radius 1 is 1.10 bits per heavy atom. The van der Waals surface area contributed by atoms with E-state index in [1.807, 2.05) is 38.1 Å². The highest BCUT2D eigenvalue weighted by Crippen LogP contribution is 2.45. The fourth-order valence-corrected chi connectivity index (χ4v) is 6.00. The number of halogens is 2. The SMILES string of the molecule is C=C/C=C\C(=C/C)N(C(C)=O)C1CCN(C(=O)OC2CCC(c3cccc(F)c3F)C(C)c3cccnc32)CC1. The Labute approximate surface area is 235 Å². The van der Waals surface area contributed by atoms with Crippen molar-refractivity contribution >= 4 is 12.0 Å². The molecule has 1 aromatic heterocycles. The minimum absolute atomic E-state index is 0.0368. The number of amides is 2. The third-order valence-electron chi connectivity index (χ3n) is 8.04. The van der Waals surface area contributed by atoms with Gasteiger partial charge in [-0.1, -0.05) is 49.9 Å². The van der Waals surface area contributed by atoms with Crippen molar-refractivity contribution in [1.82, 2.24) is 14.8 Å². The Hall–Kier alpha value is -3.81. The topological polar surface area (TPSA) is 62.7 Å². The van der Waals surface area contributed by atoms with Crippen molar-refractivity contribution in [3.8, 4) is 0 Å². The number of nitrogens with zero attached hydrogens (tertiary/aromatic N) is 3. The zero-order chi connectivity index (χ0) is 28.8. The molecular formula is C32H37F2N3O3. The van der Waals surface area contributed by atoms with Crippen LogP contribution in [0, 0.1) is 11.6 Å². The molecule has 0 radical (unpaired) electrons. The van der Waals surface area contributed by atoms with E-state index in [9.17, 15) is 18.4 Å². The van der Waals surface area contributed by atoms with E-state index in [2.05, 4.69) is 11.6 Å². The number of pyridine rings is 1. The molecule has 8 heteroatoms. The van der Waals surface area contributed by atoms with Gasteiger partial charge in [-0.05, 0) is 73.8 Å². The van der Waals surface area contributed by atoms with Crippen LogP contribution in [-0.4, -0.2) is 45.9 Å². The van der Waals surface area contributed by atoms with Gasteiger partial charge in [0.15, 0.2) is 11.6 Å². The molecule has 4 rings (SSSR count). The fraction of sp³-hybridized carbons (Fsp3) is 0.406. The van der Waals surface area contributed by atoms with Crippen molar-refractivity contribution in [1.29, 1.82) is 0 Å². The Bertz CT molecular complexity index is 1300. The van der Waals surface area contributed by atoms with Crippen LogP contribution in [-0.2, 0) is 9.53 Å². The van der Waals surface area contributed by atoms with Crippen molar-refractivity contribution in [3.63, 3.8) is 0 Å². The number of carbonyl (C=O) groups is 2. The summed E-state index contributed by atoms with van der Waals surface area (Å²) < 4.78 is 34.9. The Kier molecular flexibility index (Phi) is 9.50. The van der Waals surface area contributed by atoms with Gasteiger partial charge in [0.1, 0.15) is 6.10 Å². The van der Waals surface area contributed by atoms with Crippen LogP contribution in [0.4, 0.5) is 13.6 Å². The summed E-state index contributed by atoms with van der Waals surface area (Å²) in [5.74, 6) is -2.18. The number of allylic oxidation sites excluding steroid dienone is 4. The monoisotopic (exact) mass is 549 g/mol. The van der Waals surface area contributed by atoms with Gasteiger partial charge < -0.3 is 14.5 Å². The molecule has 2 amide bonds. The Balaban J connectivity index is 1.47. The van der Waals surface area contributed by atoms with Gasteiger partial charge in [-0.2, -0.15) is 0 Å². The summed E-state index contributed by atoms with van der Waals surface area (Å²) in [5, 5.41) is 0. The molecule has 0 N–H and O–H groups in total. The number of aromatic nitrogens is 1. The molecule has 1 aliphatic carbocycles. The molecule has 40 heavy (non-hydrogen) atoms. The van der Waals surface area contributed by atoms with Crippen LogP contribution in [0.2, 0.25) is 0 Å². The van der Waals surface area contributed by atoms with E-state index >= 15 is 0 Å². The van der Waals surface area contributed by atoms with Crippen LogP contribution in [0.3, 0.4) is 0 Å². The molecule has 2 aromatic rings. The third-order valence-corrected chi connectivity index (χ3v) is 8.04. The van der Waals surface area contributed by atoms with Gasteiger partial charge >= 0.3 is 6.09 Å². The molecular weight excluding hydrogens is 512 g/mol. The standard InChI is InChI=1S/C32H37F2N3O3/c1-5-7-10-23(6-2)37(22(4)38)24-16-19-36(20-17-24)32(39)40-29-15-14-25(27-11-8-13-28(33)30(27)34)21(3)26-12-9-18-35-31(26)29/h5-13,18,21,24-25,29H,1,14-17,19-20H2,2-4H3/b10-7-,23-6+. The highest BCUT2D eigenvalue weighted by Gasteiger charge is 2.36.